The Balaban J connectivity index is 1.83. The zero-order chi connectivity index (χ0) is 21.0. The van der Waals surface area contributed by atoms with Crippen LogP contribution in [-0.2, 0) is 4.79 Å². The molecule has 2 aromatic rings. The molecule has 150 valence electrons. The van der Waals surface area contributed by atoms with Crippen LogP contribution in [0.25, 0.3) is 17.5 Å². The van der Waals surface area contributed by atoms with Crippen molar-refractivity contribution < 1.29 is 4.79 Å². The second kappa shape index (κ2) is 9.13. The molecule has 2 unspecified atom stereocenters. The number of amides is 1. The summed E-state index contributed by atoms with van der Waals surface area (Å²) in [6, 6.07) is 10.1. The van der Waals surface area contributed by atoms with E-state index in [1.165, 1.54) is 0 Å². The van der Waals surface area contributed by atoms with Gasteiger partial charge in [-0.05, 0) is 19.4 Å². The Morgan fingerprint density at radius 1 is 1.38 bits per heavy atom. The average Bonchev–Trinajstić information content (AvgIpc) is 3.13. The molecule has 0 fully saturated rings. The van der Waals surface area contributed by atoms with Crippen LogP contribution in [0.5, 0.6) is 0 Å². The number of allylic oxidation sites excluding steroid dienone is 2. The van der Waals surface area contributed by atoms with Gasteiger partial charge < -0.3 is 15.3 Å². The number of nitrogens with zero attached hydrogens (tertiary/aromatic N) is 3. The molecule has 2 heterocycles. The minimum Gasteiger partial charge on any atom is -0.321 e. The van der Waals surface area contributed by atoms with Gasteiger partial charge in [0.25, 0.3) is 5.91 Å². The zero-order valence-electron chi connectivity index (χ0n) is 16.7. The average molecular weight is 454 g/mol. The van der Waals surface area contributed by atoms with Gasteiger partial charge >= 0.3 is 0 Å². The van der Waals surface area contributed by atoms with Gasteiger partial charge in [-0.25, -0.2) is 4.98 Å². The monoisotopic (exact) mass is 453 g/mol. The third kappa shape index (κ3) is 4.79. The molecular weight excluding hydrogens is 430 g/mol. The molecule has 0 saturated carbocycles. The van der Waals surface area contributed by atoms with Gasteiger partial charge in [0.05, 0.1) is 10.5 Å². The smallest absolute Gasteiger partial charge is 0.271 e. The minimum atomic E-state index is -0.502. The Bertz CT molecular complexity index is 1000. The van der Waals surface area contributed by atoms with Crippen LogP contribution >= 0.6 is 15.9 Å². The molecule has 0 bridgehead atoms. The third-order valence-corrected chi connectivity index (χ3v) is 5.85. The van der Waals surface area contributed by atoms with E-state index in [9.17, 15) is 4.79 Å². The lowest BCUT2D eigenvalue weighted by molar-refractivity contribution is -0.114. The van der Waals surface area contributed by atoms with Crippen LogP contribution in [0.3, 0.4) is 0 Å². The molecule has 1 aliphatic rings. The van der Waals surface area contributed by atoms with Gasteiger partial charge in [0.15, 0.2) is 0 Å². The molecule has 2 atom stereocenters. The summed E-state index contributed by atoms with van der Waals surface area (Å²) in [5, 5.41) is 10.7. The Kier molecular flexibility index (Phi) is 6.59. The molecule has 6 nitrogen and oxygen atoms in total. The number of hydrogen-bond acceptors (Lipinski definition) is 4. The predicted octanol–water partition coefficient (Wildman–Crippen LogP) is 4.40. The highest BCUT2D eigenvalue weighted by molar-refractivity contribution is 9.10. The van der Waals surface area contributed by atoms with E-state index in [4.69, 9.17) is 10.4 Å². The van der Waals surface area contributed by atoms with Crippen LogP contribution < -0.4 is 5.32 Å². The fourth-order valence-electron chi connectivity index (χ4n) is 3.10. The fourth-order valence-corrected chi connectivity index (χ4v) is 3.51. The third-order valence-electron chi connectivity index (χ3n) is 4.73. The van der Waals surface area contributed by atoms with Crippen LogP contribution in [-0.4, -0.2) is 38.8 Å². The molecule has 1 aliphatic heterocycles. The molecule has 1 aromatic carbocycles. The van der Waals surface area contributed by atoms with Gasteiger partial charge in [-0.1, -0.05) is 59.3 Å². The van der Waals surface area contributed by atoms with Crippen molar-refractivity contribution in [3.05, 3.63) is 60.2 Å². The van der Waals surface area contributed by atoms with E-state index in [2.05, 4.69) is 33.2 Å². The summed E-state index contributed by atoms with van der Waals surface area (Å²) in [5.74, 6) is 0.856. The minimum absolute atomic E-state index is 0.191. The van der Waals surface area contributed by atoms with Crippen LogP contribution in [0.1, 0.15) is 32.0 Å². The highest BCUT2D eigenvalue weighted by Gasteiger charge is 2.22. The second-order valence-electron chi connectivity index (χ2n) is 6.98. The Morgan fingerprint density at radius 2 is 2.10 bits per heavy atom. The molecule has 1 amide bonds. The molecule has 0 saturated heterocycles. The fraction of sp³-hybridized carbons (Fsp3) is 0.273. The van der Waals surface area contributed by atoms with Gasteiger partial charge in [0, 0.05) is 42.3 Å². The number of hydrogen-bond donors (Lipinski definition) is 2. The molecule has 7 heteroatoms. The molecule has 3 rings (SSSR count). The van der Waals surface area contributed by atoms with Crippen LogP contribution in [0.4, 0.5) is 0 Å². The lowest BCUT2D eigenvalue weighted by atomic mass is 10.1. The van der Waals surface area contributed by atoms with Crippen molar-refractivity contribution >= 4 is 39.5 Å². The summed E-state index contributed by atoms with van der Waals surface area (Å²) in [7, 11) is 1.55. The van der Waals surface area contributed by atoms with Crippen molar-refractivity contribution in [1.82, 2.24) is 14.9 Å². The number of imidazole rings is 1. The summed E-state index contributed by atoms with van der Waals surface area (Å²) < 4.78 is 2.01. The lowest BCUT2D eigenvalue weighted by Gasteiger charge is -2.16. The number of nitrogens with one attached hydrogen (secondary N) is 2. The van der Waals surface area contributed by atoms with E-state index >= 15 is 0 Å². The maximum Gasteiger partial charge on any atom is 0.271 e. The van der Waals surface area contributed by atoms with Crippen LogP contribution in [0, 0.1) is 5.41 Å². The van der Waals surface area contributed by atoms with E-state index in [0.29, 0.717) is 11.4 Å². The zero-order valence-corrected chi connectivity index (χ0v) is 18.3. The predicted molar refractivity (Wildman–Crippen MR) is 122 cm³/mol. The molecule has 1 aromatic heterocycles. The van der Waals surface area contributed by atoms with Crippen molar-refractivity contribution in [1.29, 1.82) is 5.41 Å². The number of benzene rings is 1. The molecular formula is C22H24BrN5O. The van der Waals surface area contributed by atoms with Gasteiger partial charge in [-0.3, -0.25) is 9.79 Å². The largest absolute Gasteiger partial charge is 0.321 e. The SMILES string of the molecule is CN=C(C(=O)NC1=CCC(C)c2nc(-c3ccccc3)cn2C=C1)C(Br)C(C)=N. The molecule has 0 aliphatic carbocycles. The Morgan fingerprint density at radius 3 is 2.76 bits per heavy atom. The van der Waals surface area contributed by atoms with Crippen molar-refractivity contribution in [2.24, 2.45) is 4.99 Å². The van der Waals surface area contributed by atoms with Crippen molar-refractivity contribution in [2.45, 2.75) is 31.0 Å². The molecule has 29 heavy (non-hydrogen) atoms. The first-order chi connectivity index (χ1) is 13.9. The lowest BCUT2D eigenvalue weighted by Crippen LogP contribution is -2.37. The van der Waals surface area contributed by atoms with Gasteiger partial charge in [0.2, 0.25) is 0 Å². The number of carbonyl (C=O) groups is 1. The van der Waals surface area contributed by atoms with E-state index in [-0.39, 0.29) is 17.5 Å². The summed E-state index contributed by atoms with van der Waals surface area (Å²) in [6.07, 6.45) is 8.51. The van der Waals surface area contributed by atoms with E-state index in [1.807, 2.05) is 59.4 Å². The van der Waals surface area contributed by atoms with Crippen molar-refractivity contribution in [3.8, 4) is 11.3 Å². The number of aromatic nitrogens is 2. The maximum atomic E-state index is 12.6. The Labute approximate surface area is 179 Å². The second-order valence-corrected chi connectivity index (χ2v) is 7.89. The van der Waals surface area contributed by atoms with E-state index < -0.39 is 4.83 Å². The van der Waals surface area contributed by atoms with Gasteiger partial charge in [-0.15, -0.1) is 0 Å². The van der Waals surface area contributed by atoms with Crippen molar-refractivity contribution in [2.75, 3.05) is 7.05 Å². The summed E-state index contributed by atoms with van der Waals surface area (Å²) in [6.45, 7) is 3.76. The quantitative estimate of drug-likeness (QED) is 0.519. The summed E-state index contributed by atoms with van der Waals surface area (Å²) in [5.41, 5.74) is 3.30. The summed E-state index contributed by atoms with van der Waals surface area (Å²) >= 11 is 3.35. The summed E-state index contributed by atoms with van der Waals surface area (Å²) in [4.78, 5) is 21.0. The van der Waals surface area contributed by atoms with E-state index in [0.717, 1.165) is 23.5 Å². The first kappa shape index (κ1) is 20.9. The van der Waals surface area contributed by atoms with Gasteiger partial charge in [0.1, 0.15) is 11.5 Å². The molecule has 0 radical (unpaired) electrons. The maximum absolute atomic E-state index is 12.6. The standard InChI is InChI=1S/C22H24BrN5O/c1-14-9-10-17(26-22(29)20(25-3)19(23)15(2)24)11-12-28-13-18(27-21(14)28)16-7-5-4-6-8-16/h4-8,10-14,19,24H,9H2,1-3H3,(H,26,29). The molecule has 2 N–H and O–H groups in total. The van der Waals surface area contributed by atoms with Crippen LogP contribution in [0.2, 0.25) is 0 Å². The normalized spacial score (nSPS) is 17.6. The number of halogens is 1. The molecule has 0 spiro atoms. The highest BCUT2D eigenvalue weighted by Crippen LogP contribution is 2.26. The number of alkyl halides is 1. The number of carbonyl (C=O) groups excluding carboxylic acids is 1. The first-order valence-electron chi connectivity index (χ1n) is 9.40. The van der Waals surface area contributed by atoms with Crippen LogP contribution in [0.15, 0.2) is 59.4 Å². The topological polar surface area (TPSA) is 83.1 Å². The number of rotatable bonds is 5. The number of fused-ring (bicyclic) bond motifs is 1. The number of aliphatic imine (C=N–C) groups is 1. The van der Waals surface area contributed by atoms with Gasteiger partial charge in [-0.2, -0.15) is 0 Å². The first-order valence-corrected chi connectivity index (χ1v) is 10.3. The van der Waals surface area contributed by atoms with Crippen molar-refractivity contribution in [3.63, 3.8) is 0 Å². The Hall–Kier alpha value is -2.80. The highest BCUT2D eigenvalue weighted by atomic mass is 79.9. The van der Waals surface area contributed by atoms with E-state index in [1.54, 1.807) is 14.0 Å².